The van der Waals surface area contributed by atoms with Gasteiger partial charge in [-0.1, -0.05) is 0 Å². The Morgan fingerprint density at radius 3 is 2.12 bits per heavy atom. The lowest BCUT2D eigenvalue weighted by molar-refractivity contribution is -0.122. The maximum Gasteiger partial charge on any atom is 0.415 e. The van der Waals surface area contributed by atoms with E-state index in [-0.39, 0.29) is 25.9 Å². The number of carbonyl (C=O) groups excluding carboxylic acids is 1. The molecule has 2 bridgehead atoms. The summed E-state index contributed by atoms with van der Waals surface area (Å²) in [6, 6.07) is 0. The number of hydrogen-bond donors (Lipinski definition) is 1. The number of amides is 1. The van der Waals surface area contributed by atoms with E-state index in [9.17, 15) is 13.6 Å². The van der Waals surface area contributed by atoms with Crippen LogP contribution in [0.4, 0.5) is 13.6 Å². The average Bonchev–Trinajstić information content (AvgIpc) is 2.26. The van der Waals surface area contributed by atoms with Gasteiger partial charge in [0.05, 0.1) is 0 Å². The summed E-state index contributed by atoms with van der Waals surface area (Å²) in [6.45, 7) is 4.93. The van der Waals surface area contributed by atoms with E-state index in [1.807, 2.05) is 0 Å². The zero-order chi connectivity index (χ0) is 12.9. The molecule has 2 saturated heterocycles. The number of alkyl halides is 2. The van der Waals surface area contributed by atoms with Crippen LogP contribution in [-0.2, 0) is 4.74 Å². The molecule has 2 unspecified atom stereocenters. The minimum Gasteiger partial charge on any atom is -0.444 e. The summed E-state index contributed by atoms with van der Waals surface area (Å²) < 4.78 is 33.9. The van der Waals surface area contributed by atoms with Crippen LogP contribution < -0.4 is 5.32 Å². The van der Waals surface area contributed by atoms with Crippen LogP contribution in [0.3, 0.4) is 0 Å². The maximum atomic E-state index is 14.4. The normalized spacial score (nSPS) is 37.1. The van der Waals surface area contributed by atoms with Crippen LogP contribution in [0.25, 0.3) is 0 Å². The SMILES string of the molecule is CC(C)(C)OC(=O)N1C2(F)CCC1(F)CNC2. The van der Waals surface area contributed by atoms with Crippen LogP contribution in [-0.4, -0.2) is 41.3 Å². The Kier molecular flexibility index (Phi) is 2.61. The number of ether oxygens (including phenoxy) is 1. The summed E-state index contributed by atoms with van der Waals surface area (Å²) in [6.07, 6.45) is -0.896. The molecule has 2 aliphatic heterocycles. The lowest BCUT2D eigenvalue weighted by Crippen LogP contribution is -2.65. The molecule has 98 valence electrons. The van der Waals surface area contributed by atoms with E-state index in [1.165, 1.54) is 0 Å². The molecule has 0 aliphatic carbocycles. The van der Waals surface area contributed by atoms with Crippen molar-refractivity contribution in [2.75, 3.05) is 13.1 Å². The number of hydrogen-bond acceptors (Lipinski definition) is 3. The molecule has 17 heavy (non-hydrogen) atoms. The molecule has 2 rings (SSSR count). The molecule has 2 aliphatic rings. The van der Waals surface area contributed by atoms with Crippen molar-refractivity contribution in [2.24, 2.45) is 0 Å². The van der Waals surface area contributed by atoms with Crippen molar-refractivity contribution in [2.45, 2.75) is 50.8 Å². The molecule has 0 aromatic heterocycles. The predicted molar refractivity (Wildman–Crippen MR) is 57.9 cm³/mol. The van der Waals surface area contributed by atoms with E-state index < -0.39 is 23.3 Å². The maximum absolute atomic E-state index is 14.4. The molecule has 0 spiro atoms. The van der Waals surface area contributed by atoms with Gasteiger partial charge in [0.2, 0.25) is 11.6 Å². The lowest BCUT2D eigenvalue weighted by Gasteiger charge is -2.42. The van der Waals surface area contributed by atoms with E-state index in [0.717, 1.165) is 0 Å². The van der Waals surface area contributed by atoms with Gasteiger partial charge in [-0.15, -0.1) is 0 Å². The second-order valence-electron chi connectivity index (χ2n) is 5.76. The zero-order valence-corrected chi connectivity index (χ0v) is 10.3. The monoisotopic (exact) mass is 248 g/mol. The van der Waals surface area contributed by atoms with E-state index in [2.05, 4.69) is 5.32 Å². The van der Waals surface area contributed by atoms with Crippen LogP contribution >= 0.6 is 0 Å². The number of rotatable bonds is 0. The van der Waals surface area contributed by atoms with Gasteiger partial charge in [0.25, 0.3) is 0 Å². The van der Waals surface area contributed by atoms with Crippen molar-refractivity contribution in [1.29, 1.82) is 0 Å². The van der Waals surface area contributed by atoms with Crippen LogP contribution in [0.5, 0.6) is 0 Å². The number of carbonyl (C=O) groups is 1. The Bertz CT molecular complexity index is 327. The molecular formula is C11H18F2N2O2. The van der Waals surface area contributed by atoms with Crippen molar-refractivity contribution >= 4 is 6.09 Å². The second-order valence-corrected chi connectivity index (χ2v) is 5.76. The molecule has 0 aromatic carbocycles. The van der Waals surface area contributed by atoms with Gasteiger partial charge in [-0.05, 0) is 20.8 Å². The van der Waals surface area contributed by atoms with Gasteiger partial charge in [-0.25, -0.2) is 18.5 Å². The van der Waals surface area contributed by atoms with Crippen molar-refractivity contribution in [3.63, 3.8) is 0 Å². The van der Waals surface area contributed by atoms with Crippen molar-refractivity contribution in [3.8, 4) is 0 Å². The predicted octanol–water partition coefficient (Wildman–Crippen LogP) is 1.95. The highest BCUT2D eigenvalue weighted by molar-refractivity contribution is 5.70. The number of fused-ring (bicyclic) bond motifs is 2. The molecule has 2 fully saturated rings. The highest BCUT2D eigenvalue weighted by atomic mass is 19.2. The molecule has 4 nitrogen and oxygen atoms in total. The molecular weight excluding hydrogens is 230 g/mol. The molecule has 2 atom stereocenters. The molecule has 6 heteroatoms. The average molecular weight is 248 g/mol. The van der Waals surface area contributed by atoms with Gasteiger partial charge in [-0.3, -0.25) is 0 Å². The minimum atomic E-state index is -1.96. The molecule has 2 heterocycles. The van der Waals surface area contributed by atoms with Gasteiger partial charge in [-0.2, -0.15) is 0 Å². The fourth-order valence-corrected chi connectivity index (χ4v) is 2.38. The van der Waals surface area contributed by atoms with Crippen molar-refractivity contribution in [3.05, 3.63) is 0 Å². The quantitative estimate of drug-likeness (QED) is 0.666. The van der Waals surface area contributed by atoms with E-state index in [0.29, 0.717) is 4.90 Å². The number of nitrogens with zero attached hydrogens (tertiary/aromatic N) is 1. The van der Waals surface area contributed by atoms with Gasteiger partial charge < -0.3 is 10.1 Å². The van der Waals surface area contributed by atoms with Crippen molar-refractivity contribution in [1.82, 2.24) is 10.2 Å². The van der Waals surface area contributed by atoms with Gasteiger partial charge in [0, 0.05) is 25.9 Å². The summed E-state index contributed by atoms with van der Waals surface area (Å²) in [4.78, 5) is 12.5. The first-order valence-corrected chi connectivity index (χ1v) is 5.78. The first-order valence-electron chi connectivity index (χ1n) is 5.78. The third-order valence-corrected chi connectivity index (χ3v) is 3.06. The van der Waals surface area contributed by atoms with E-state index in [4.69, 9.17) is 4.74 Å². The Morgan fingerprint density at radius 1 is 1.24 bits per heavy atom. The summed E-state index contributed by atoms with van der Waals surface area (Å²) in [5.74, 6) is -3.93. The summed E-state index contributed by atoms with van der Waals surface area (Å²) in [5, 5.41) is 2.68. The van der Waals surface area contributed by atoms with E-state index in [1.54, 1.807) is 20.8 Å². The minimum absolute atomic E-state index is 0.00967. The third-order valence-electron chi connectivity index (χ3n) is 3.06. The summed E-state index contributed by atoms with van der Waals surface area (Å²) in [5.41, 5.74) is -0.756. The molecule has 0 radical (unpaired) electrons. The first-order chi connectivity index (χ1) is 7.66. The second kappa shape index (κ2) is 3.54. The number of nitrogens with one attached hydrogen (secondary N) is 1. The van der Waals surface area contributed by atoms with Gasteiger partial charge >= 0.3 is 6.09 Å². The fraction of sp³-hybridized carbons (Fsp3) is 0.909. The summed E-state index contributed by atoms with van der Waals surface area (Å²) >= 11 is 0. The van der Waals surface area contributed by atoms with Gasteiger partial charge in [0.1, 0.15) is 5.60 Å². The lowest BCUT2D eigenvalue weighted by atomic mass is 10.2. The summed E-state index contributed by atoms with van der Waals surface area (Å²) in [7, 11) is 0. The molecule has 1 N–H and O–H groups in total. The molecule has 0 aromatic rings. The Hall–Kier alpha value is -0.910. The van der Waals surface area contributed by atoms with Crippen LogP contribution in [0, 0.1) is 0 Å². The highest BCUT2D eigenvalue weighted by Gasteiger charge is 2.62. The fourth-order valence-electron chi connectivity index (χ4n) is 2.38. The van der Waals surface area contributed by atoms with Crippen LogP contribution in [0.15, 0.2) is 0 Å². The van der Waals surface area contributed by atoms with E-state index >= 15 is 0 Å². The molecule has 1 amide bonds. The molecule has 0 saturated carbocycles. The van der Waals surface area contributed by atoms with Crippen LogP contribution in [0.2, 0.25) is 0 Å². The first kappa shape index (κ1) is 12.5. The Morgan fingerprint density at radius 2 is 1.71 bits per heavy atom. The zero-order valence-electron chi connectivity index (χ0n) is 10.3. The number of halogens is 2. The third kappa shape index (κ3) is 2.10. The highest BCUT2D eigenvalue weighted by Crippen LogP contribution is 2.45. The largest absolute Gasteiger partial charge is 0.444 e. The Labute approximate surface area is 99.3 Å². The smallest absolute Gasteiger partial charge is 0.415 e. The Balaban J connectivity index is 2.22. The van der Waals surface area contributed by atoms with Crippen LogP contribution in [0.1, 0.15) is 33.6 Å². The van der Waals surface area contributed by atoms with Crippen molar-refractivity contribution < 1.29 is 18.3 Å². The van der Waals surface area contributed by atoms with Gasteiger partial charge in [0.15, 0.2) is 0 Å². The topological polar surface area (TPSA) is 41.6 Å². The number of piperazine rings is 1. The standard InChI is InChI=1S/C11H18F2N2O2/c1-9(2,3)17-8(16)15-10(12)4-5-11(15,13)7-14-6-10/h14H,4-7H2,1-3H3.